The van der Waals surface area contributed by atoms with E-state index in [-0.39, 0.29) is 5.41 Å². The van der Waals surface area contributed by atoms with Gasteiger partial charge in [-0.2, -0.15) is 0 Å². The molecule has 0 saturated heterocycles. The van der Waals surface area contributed by atoms with Crippen LogP contribution in [-0.4, -0.2) is 5.88 Å². The molecule has 0 aliphatic heterocycles. The molecule has 0 aromatic heterocycles. The van der Waals surface area contributed by atoms with Gasteiger partial charge in [-0.25, -0.2) is 0 Å². The fraction of sp³-hybridized carbons (Fsp3) is 0.700. The monoisotopic (exact) mass is 308 g/mol. The van der Waals surface area contributed by atoms with Crippen LogP contribution in [0.1, 0.15) is 83.6 Å². The predicted molar refractivity (Wildman–Crippen MR) is 96.4 cm³/mol. The van der Waals surface area contributed by atoms with Crippen LogP contribution in [0.5, 0.6) is 0 Å². The zero-order valence-electron chi connectivity index (χ0n) is 14.0. The summed E-state index contributed by atoms with van der Waals surface area (Å²) in [6.45, 7) is 4.56. The molecule has 1 atom stereocenters. The molecule has 0 spiro atoms. The Morgan fingerprint density at radius 1 is 0.810 bits per heavy atom. The zero-order valence-corrected chi connectivity index (χ0v) is 14.8. The van der Waals surface area contributed by atoms with Gasteiger partial charge in [-0.1, -0.05) is 95.5 Å². The van der Waals surface area contributed by atoms with Crippen molar-refractivity contribution in [3.8, 4) is 0 Å². The Balaban J connectivity index is 2.32. The minimum atomic E-state index is 0.186. The summed E-state index contributed by atoms with van der Waals surface area (Å²) in [5, 5.41) is 0. The van der Waals surface area contributed by atoms with Crippen molar-refractivity contribution in [3.63, 3.8) is 0 Å². The number of hydrogen-bond acceptors (Lipinski definition) is 0. The van der Waals surface area contributed by atoms with Crippen LogP contribution < -0.4 is 0 Å². The van der Waals surface area contributed by atoms with Crippen LogP contribution in [0.3, 0.4) is 0 Å². The van der Waals surface area contributed by atoms with Crippen LogP contribution in [0.2, 0.25) is 0 Å². The minimum absolute atomic E-state index is 0.186. The van der Waals surface area contributed by atoms with E-state index in [4.69, 9.17) is 11.6 Å². The van der Waals surface area contributed by atoms with Gasteiger partial charge in [0, 0.05) is 11.3 Å². The molecule has 0 aliphatic rings. The normalized spacial score (nSPS) is 14.0. The number of hydrogen-bond donors (Lipinski definition) is 0. The van der Waals surface area contributed by atoms with Crippen molar-refractivity contribution < 1.29 is 0 Å². The molecular formula is C20H33Cl. The van der Waals surface area contributed by atoms with Gasteiger partial charge in [0.1, 0.15) is 0 Å². The second-order valence-electron chi connectivity index (χ2n) is 6.36. The highest BCUT2D eigenvalue weighted by Crippen LogP contribution is 2.35. The van der Waals surface area contributed by atoms with Gasteiger partial charge in [-0.15, -0.1) is 11.6 Å². The van der Waals surface area contributed by atoms with Gasteiger partial charge in [-0.3, -0.25) is 0 Å². The van der Waals surface area contributed by atoms with Crippen molar-refractivity contribution in [3.05, 3.63) is 35.9 Å². The number of halogens is 1. The lowest BCUT2D eigenvalue weighted by molar-refractivity contribution is 0.399. The van der Waals surface area contributed by atoms with Crippen molar-refractivity contribution in [2.75, 3.05) is 5.88 Å². The smallest absolute Gasteiger partial charge is 0.0320 e. The molecule has 0 amide bonds. The van der Waals surface area contributed by atoms with Crippen molar-refractivity contribution >= 4 is 11.6 Å². The molecule has 0 fully saturated rings. The Bertz CT molecular complexity index is 340. The Hall–Kier alpha value is -0.490. The Morgan fingerprint density at radius 3 is 1.90 bits per heavy atom. The molecule has 1 aromatic carbocycles. The highest BCUT2D eigenvalue weighted by molar-refractivity contribution is 6.18. The first-order chi connectivity index (χ1) is 10.3. The molecule has 1 rings (SSSR count). The molecule has 1 unspecified atom stereocenters. The topological polar surface area (TPSA) is 0 Å². The second kappa shape index (κ2) is 11.1. The molecule has 0 bridgehead atoms. The molecule has 0 saturated carbocycles. The lowest BCUT2D eigenvalue weighted by Crippen LogP contribution is -2.27. The van der Waals surface area contributed by atoms with Gasteiger partial charge < -0.3 is 0 Å². The van der Waals surface area contributed by atoms with Crippen LogP contribution in [0.4, 0.5) is 0 Å². The summed E-state index contributed by atoms with van der Waals surface area (Å²) in [6.07, 6.45) is 13.4. The highest BCUT2D eigenvalue weighted by Gasteiger charge is 2.28. The first-order valence-corrected chi connectivity index (χ1v) is 9.44. The maximum Gasteiger partial charge on any atom is 0.0320 e. The maximum absolute atomic E-state index is 6.36. The van der Waals surface area contributed by atoms with Gasteiger partial charge in [0.2, 0.25) is 0 Å². The summed E-state index contributed by atoms with van der Waals surface area (Å²) >= 11 is 6.36. The third-order valence-corrected chi connectivity index (χ3v) is 5.34. The minimum Gasteiger partial charge on any atom is -0.126 e. The van der Waals surface area contributed by atoms with Crippen molar-refractivity contribution in [1.82, 2.24) is 0 Å². The van der Waals surface area contributed by atoms with Gasteiger partial charge in [0.25, 0.3) is 0 Å². The summed E-state index contributed by atoms with van der Waals surface area (Å²) < 4.78 is 0. The molecule has 1 aromatic rings. The molecule has 0 N–H and O–H groups in total. The van der Waals surface area contributed by atoms with E-state index in [9.17, 15) is 0 Å². The van der Waals surface area contributed by atoms with Crippen molar-refractivity contribution in [1.29, 1.82) is 0 Å². The van der Waals surface area contributed by atoms with Crippen molar-refractivity contribution in [2.24, 2.45) is 0 Å². The molecule has 0 nitrogen and oxygen atoms in total. The van der Waals surface area contributed by atoms with Gasteiger partial charge in [0.15, 0.2) is 0 Å². The van der Waals surface area contributed by atoms with E-state index >= 15 is 0 Å². The van der Waals surface area contributed by atoms with Crippen LogP contribution in [0.25, 0.3) is 0 Å². The van der Waals surface area contributed by atoms with Crippen LogP contribution in [0, 0.1) is 0 Å². The largest absolute Gasteiger partial charge is 0.126 e. The summed E-state index contributed by atoms with van der Waals surface area (Å²) in [5.74, 6) is 0.740. The van der Waals surface area contributed by atoms with E-state index in [1.807, 2.05) is 0 Å². The van der Waals surface area contributed by atoms with E-state index in [2.05, 4.69) is 44.2 Å². The molecule has 0 radical (unpaired) electrons. The van der Waals surface area contributed by atoms with E-state index in [1.165, 1.54) is 63.4 Å². The van der Waals surface area contributed by atoms with Gasteiger partial charge in [-0.05, 0) is 18.4 Å². The Morgan fingerprint density at radius 2 is 1.38 bits per heavy atom. The summed E-state index contributed by atoms with van der Waals surface area (Å²) in [4.78, 5) is 0. The summed E-state index contributed by atoms with van der Waals surface area (Å²) in [7, 11) is 0. The number of rotatable bonds is 12. The molecule has 0 aliphatic carbocycles. The fourth-order valence-corrected chi connectivity index (χ4v) is 3.63. The number of alkyl halides is 1. The van der Waals surface area contributed by atoms with E-state index < -0.39 is 0 Å². The Labute approximate surface area is 137 Å². The standard InChI is InChI=1S/C20H33Cl/c1-3-5-6-7-8-9-10-14-17-20(4-2,18-21)19-15-12-11-13-16-19/h11-13,15-16H,3-10,14,17-18H2,1-2H3. The Kier molecular flexibility index (Phi) is 9.83. The third kappa shape index (κ3) is 6.43. The first kappa shape index (κ1) is 18.6. The summed E-state index contributed by atoms with van der Waals surface area (Å²) in [5.41, 5.74) is 1.61. The number of benzene rings is 1. The SMILES string of the molecule is CCCCCCCCCCC(CC)(CCl)c1ccccc1. The fourth-order valence-electron chi connectivity index (χ4n) is 3.15. The second-order valence-corrected chi connectivity index (χ2v) is 6.63. The lowest BCUT2D eigenvalue weighted by atomic mass is 9.76. The van der Waals surface area contributed by atoms with Crippen molar-refractivity contribution in [2.45, 2.75) is 83.5 Å². The van der Waals surface area contributed by atoms with E-state index in [0.29, 0.717) is 0 Å². The van der Waals surface area contributed by atoms with E-state index in [0.717, 1.165) is 12.3 Å². The molecule has 1 heteroatoms. The van der Waals surface area contributed by atoms with Crippen LogP contribution in [-0.2, 0) is 5.41 Å². The average Bonchev–Trinajstić information content (AvgIpc) is 2.55. The third-order valence-electron chi connectivity index (χ3n) is 4.83. The molecule has 120 valence electrons. The lowest BCUT2D eigenvalue weighted by Gasteiger charge is -2.31. The predicted octanol–water partition coefficient (Wildman–Crippen LogP) is 7.10. The highest BCUT2D eigenvalue weighted by atomic mass is 35.5. The number of unbranched alkanes of at least 4 members (excludes halogenated alkanes) is 7. The zero-order chi connectivity index (χ0) is 15.4. The average molecular weight is 309 g/mol. The van der Waals surface area contributed by atoms with Crippen LogP contribution in [0.15, 0.2) is 30.3 Å². The first-order valence-electron chi connectivity index (χ1n) is 8.90. The molecule has 0 heterocycles. The quantitative estimate of drug-likeness (QED) is 0.285. The van der Waals surface area contributed by atoms with Gasteiger partial charge >= 0.3 is 0 Å². The molecular weight excluding hydrogens is 276 g/mol. The van der Waals surface area contributed by atoms with Gasteiger partial charge in [0.05, 0.1) is 0 Å². The maximum atomic E-state index is 6.36. The summed E-state index contributed by atoms with van der Waals surface area (Å²) in [6, 6.07) is 10.9. The molecule has 21 heavy (non-hydrogen) atoms. The van der Waals surface area contributed by atoms with Crippen LogP contribution >= 0.6 is 11.6 Å². The van der Waals surface area contributed by atoms with E-state index in [1.54, 1.807) is 0 Å².